The van der Waals surface area contributed by atoms with Gasteiger partial charge in [0.15, 0.2) is 0 Å². The van der Waals surface area contributed by atoms with Gasteiger partial charge in [0.1, 0.15) is 5.60 Å². The highest BCUT2D eigenvalue weighted by atomic mass is 16.7. The van der Waals surface area contributed by atoms with Crippen LogP contribution in [0.1, 0.15) is 27.2 Å². The monoisotopic (exact) mass is 199 g/mol. The van der Waals surface area contributed by atoms with Crippen molar-refractivity contribution < 1.29 is 14.4 Å². The summed E-state index contributed by atoms with van der Waals surface area (Å²) in [6, 6.07) is 0. The number of hydroxylamine groups is 2. The second-order valence-electron chi connectivity index (χ2n) is 4.14. The number of carbonyl (C=O) groups is 1. The molecule has 80 valence electrons. The predicted octanol–water partition coefficient (Wildman–Crippen LogP) is 2.12. The van der Waals surface area contributed by atoms with Crippen molar-refractivity contribution in [3.8, 4) is 0 Å². The SMILES string of the molecule is CC(C)(C)OC(=O)N1CCC=CCO1. The minimum Gasteiger partial charge on any atom is -0.442 e. The van der Waals surface area contributed by atoms with Gasteiger partial charge in [-0.3, -0.25) is 4.84 Å². The van der Waals surface area contributed by atoms with Crippen molar-refractivity contribution in [3.63, 3.8) is 0 Å². The Morgan fingerprint density at radius 1 is 1.43 bits per heavy atom. The van der Waals surface area contributed by atoms with Gasteiger partial charge in [-0.15, -0.1) is 0 Å². The van der Waals surface area contributed by atoms with E-state index < -0.39 is 11.7 Å². The van der Waals surface area contributed by atoms with Gasteiger partial charge in [0, 0.05) is 0 Å². The molecule has 0 fully saturated rings. The topological polar surface area (TPSA) is 38.8 Å². The molecule has 0 aromatic heterocycles. The van der Waals surface area contributed by atoms with Crippen LogP contribution in [0.2, 0.25) is 0 Å². The second-order valence-corrected chi connectivity index (χ2v) is 4.14. The van der Waals surface area contributed by atoms with Crippen LogP contribution in [0.4, 0.5) is 4.79 Å². The Hall–Kier alpha value is -1.03. The van der Waals surface area contributed by atoms with Crippen LogP contribution in [0.25, 0.3) is 0 Å². The lowest BCUT2D eigenvalue weighted by molar-refractivity contribution is -0.134. The Kier molecular flexibility index (Phi) is 3.52. The number of carbonyl (C=O) groups excluding carboxylic acids is 1. The van der Waals surface area contributed by atoms with Crippen LogP contribution in [0.5, 0.6) is 0 Å². The summed E-state index contributed by atoms with van der Waals surface area (Å²) >= 11 is 0. The van der Waals surface area contributed by atoms with E-state index in [0.717, 1.165) is 6.42 Å². The Morgan fingerprint density at radius 3 is 2.79 bits per heavy atom. The first-order valence-electron chi connectivity index (χ1n) is 4.77. The molecule has 0 saturated heterocycles. The predicted molar refractivity (Wildman–Crippen MR) is 52.6 cm³/mol. The van der Waals surface area contributed by atoms with Gasteiger partial charge in [0.25, 0.3) is 0 Å². The lowest BCUT2D eigenvalue weighted by Crippen LogP contribution is -2.36. The van der Waals surface area contributed by atoms with Gasteiger partial charge in [0.05, 0.1) is 13.2 Å². The molecule has 0 bridgehead atoms. The van der Waals surface area contributed by atoms with E-state index in [9.17, 15) is 4.79 Å². The normalized spacial score (nSPS) is 17.8. The Morgan fingerprint density at radius 2 is 2.14 bits per heavy atom. The van der Waals surface area contributed by atoms with Crippen LogP contribution >= 0.6 is 0 Å². The van der Waals surface area contributed by atoms with E-state index >= 15 is 0 Å². The highest BCUT2D eigenvalue weighted by molar-refractivity contribution is 5.66. The maximum Gasteiger partial charge on any atom is 0.434 e. The summed E-state index contributed by atoms with van der Waals surface area (Å²) in [7, 11) is 0. The van der Waals surface area contributed by atoms with Crippen LogP contribution in [0, 0.1) is 0 Å². The Balaban J connectivity index is 2.44. The fourth-order valence-corrected chi connectivity index (χ4v) is 1.03. The molecule has 1 heterocycles. The fraction of sp³-hybridized carbons (Fsp3) is 0.700. The molecule has 0 aromatic carbocycles. The van der Waals surface area contributed by atoms with Crippen molar-refractivity contribution in [1.29, 1.82) is 0 Å². The zero-order valence-corrected chi connectivity index (χ0v) is 8.95. The van der Waals surface area contributed by atoms with Gasteiger partial charge in [-0.1, -0.05) is 12.2 Å². The van der Waals surface area contributed by atoms with E-state index in [1.807, 2.05) is 32.9 Å². The Labute approximate surface area is 84.4 Å². The van der Waals surface area contributed by atoms with Crippen LogP contribution in [0.3, 0.4) is 0 Å². The molecule has 0 radical (unpaired) electrons. The summed E-state index contributed by atoms with van der Waals surface area (Å²) in [4.78, 5) is 16.7. The first-order valence-corrected chi connectivity index (χ1v) is 4.77. The van der Waals surface area contributed by atoms with Gasteiger partial charge >= 0.3 is 6.09 Å². The standard InChI is InChI=1S/C10H17NO3/c1-10(2,3)14-9(12)11-7-5-4-6-8-13-11/h4,6H,5,7-8H2,1-3H3. The molecule has 1 amide bonds. The van der Waals surface area contributed by atoms with Gasteiger partial charge in [-0.2, -0.15) is 5.06 Å². The summed E-state index contributed by atoms with van der Waals surface area (Å²) < 4.78 is 5.17. The molecule has 1 aliphatic rings. The third kappa shape index (κ3) is 3.79. The van der Waals surface area contributed by atoms with E-state index in [-0.39, 0.29) is 0 Å². The number of hydrogen-bond donors (Lipinski definition) is 0. The van der Waals surface area contributed by atoms with Crippen molar-refractivity contribution in [2.24, 2.45) is 0 Å². The van der Waals surface area contributed by atoms with Gasteiger partial charge in [-0.25, -0.2) is 4.79 Å². The number of amides is 1. The van der Waals surface area contributed by atoms with Crippen LogP contribution in [-0.4, -0.2) is 29.9 Å². The van der Waals surface area contributed by atoms with E-state index in [1.54, 1.807) is 0 Å². The van der Waals surface area contributed by atoms with Crippen LogP contribution < -0.4 is 0 Å². The zero-order valence-electron chi connectivity index (χ0n) is 8.95. The molecule has 4 heteroatoms. The largest absolute Gasteiger partial charge is 0.442 e. The van der Waals surface area contributed by atoms with Crippen molar-refractivity contribution >= 4 is 6.09 Å². The van der Waals surface area contributed by atoms with Crippen molar-refractivity contribution in [2.75, 3.05) is 13.2 Å². The number of hydrogen-bond acceptors (Lipinski definition) is 3. The van der Waals surface area contributed by atoms with E-state index in [0.29, 0.717) is 13.2 Å². The number of rotatable bonds is 0. The minimum absolute atomic E-state index is 0.416. The molecule has 0 atom stereocenters. The number of ether oxygens (including phenoxy) is 1. The van der Waals surface area contributed by atoms with E-state index in [1.165, 1.54) is 5.06 Å². The molecule has 0 N–H and O–H groups in total. The molecule has 1 aliphatic heterocycles. The van der Waals surface area contributed by atoms with Gasteiger partial charge in [-0.05, 0) is 27.2 Å². The molecule has 1 rings (SSSR count). The van der Waals surface area contributed by atoms with Crippen molar-refractivity contribution in [1.82, 2.24) is 5.06 Å². The summed E-state index contributed by atoms with van der Waals surface area (Å²) in [6.07, 6.45) is 4.27. The fourth-order valence-electron chi connectivity index (χ4n) is 1.03. The summed E-state index contributed by atoms with van der Waals surface area (Å²) in [5, 5.41) is 1.27. The average molecular weight is 199 g/mol. The Bertz CT molecular complexity index is 220. The molecule has 0 spiro atoms. The molecule has 0 unspecified atom stereocenters. The summed E-state index contributed by atoms with van der Waals surface area (Å²) in [6.45, 7) is 6.48. The lowest BCUT2D eigenvalue weighted by Gasteiger charge is -2.25. The third-order valence-corrected chi connectivity index (χ3v) is 1.59. The first kappa shape index (κ1) is 11.0. The van der Waals surface area contributed by atoms with Crippen LogP contribution in [-0.2, 0) is 9.57 Å². The maximum absolute atomic E-state index is 11.5. The smallest absolute Gasteiger partial charge is 0.434 e. The molecular weight excluding hydrogens is 182 g/mol. The van der Waals surface area contributed by atoms with Crippen molar-refractivity contribution in [3.05, 3.63) is 12.2 Å². The van der Waals surface area contributed by atoms with Crippen molar-refractivity contribution in [2.45, 2.75) is 32.8 Å². The molecule has 0 aromatic rings. The van der Waals surface area contributed by atoms with Gasteiger partial charge in [0.2, 0.25) is 0 Å². The van der Waals surface area contributed by atoms with Crippen LogP contribution in [0.15, 0.2) is 12.2 Å². The minimum atomic E-state index is -0.472. The summed E-state index contributed by atoms with van der Waals surface area (Å²) in [5.74, 6) is 0. The molecule has 0 aliphatic carbocycles. The van der Waals surface area contributed by atoms with E-state index in [2.05, 4.69) is 0 Å². The van der Waals surface area contributed by atoms with Gasteiger partial charge < -0.3 is 4.74 Å². The first-order chi connectivity index (χ1) is 6.49. The number of nitrogens with zero attached hydrogens (tertiary/aromatic N) is 1. The highest BCUT2D eigenvalue weighted by Gasteiger charge is 2.22. The van der Waals surface area contributed by atoms with E-state index in [4.69, 9.17) is 9.57 Å². The molecular formula is C10H17NO3. The molecule has 0 saturated carbocycles. The quantitative estimate of drug-likeness (QED) is 0.561. The average Bonchev–Trinajstić information content (AvgIpc) is 2.27. The molecule has 14 heavy (non-hydrogen) atoms. The second kappa shape index (κ2) is 4.46. The lowest BCUT2D eigenvalue weighted by atomic mass is 10.2. The maximum atomic E-state index is 11.5. The highest BCUT2D eigenvalue weighted by Crippen LogP contribution is 2.11. The third-order valence-electron chi connectivity index (χ3n) is 1.59. The summed E-state index contributed by atoms with van der Waals surface area (Å²) in [5.41, 5.74) is -0.472. The zero-order chi connectivity index (χ0) is 10.6. The molecule has 4 nitrogen and oxygen atoms in total.